The number of para-hydroxylation sites is 2. The normalized spacial score (nSPS) is 18.3. The van der Waals surface area contributed by atoms with Crippen molar-refractivity contribution in [3.05, 3.63) is 112 Å². The van der Waals surface area contributed by atoms with E-state index in [9.17, 15) is 18.1 Å². The summed E-state index contributed by atoms with van der Waals surface area (Å²) in [5.41, 5.74) is 8.08. The maximum atomic E-state index is 14.2. The predicted octanol–water partition coefficient (Wildman–Crippen LogP) is 4.36. The monoisotopic (exact) mass is 489 g/mol. The van der Waals surface area contributed by atoms with E-state index in [2.05, 4.69) is 0 Å². The van der Waals surface area contributed by atoms with E-state index in [4.69, 9.17) is 15.2 Å². The molecule has 0 spiro atoms. The molecule has 3 aromatic carbocycles. The maximum absolute atomic E-state index is 14.2. The molecule has 0 saturated carbocycles. The van der Waals surface area contributed by atoms with Crippen LogP contribution in [0.25, 0.3) is 5.76 Å². The number of hydrogen-bond donors (Lipinski definition) is 1. The van der Waals surface area contributed by atoms with Crippen LogP contribution in [0.3, 0.4) is 0 Å². The van der Waals surface area contributed by atoms with Crippen LogP contribution in [0.1, 0.15) is 22.6 Å². The van der Waals surface area contributed by atoms with Gasteiger partial charge >= 0.3 is 0 Å². The topological polar surface area (TPSA) is 106 Å². The summed E-state index contributed by atoms with van der Waals surface area (Å²) >= 11 is 0. The van der Waals surface area contributed by atoms with Crippen LogP contribution in [-0.4, -0.2) is 15.5 Å². The Morgan fingerprint density at radius 2 is 1.77 bits per heavy atom. The molecule has 1 unspecified atom stereocenters. The SMILES string of the molecule is COc1ccccc1C1C(C#N)=C(N)OC2=C1S(=O)(=O)N(Cc1ccc(F)cc1)c1ccccc12. The van der Waals surface area contributed by atoms with Gasteiger partial charge in [0.05, 0.1) is 25.3 Å². The molecule has 9 heteroatoms. The van der Waals surface area contributed by atoms with Crippen LogP contribution in [0.5, 0.6) is 5.75 Å². The molecule has 176 valence electrons. The summed E-state index contributed by atoms with van der Waals surface area (Å²) < 4.78 is 54.5. The van der Waals surface area contributed by atoms with E-state index >= 15 is 0 Å². The molecule has 0 bridgehead atoms. The lowest BCUT2D eigenvalue weighted by Gasteiger charge is -2.38. The predicted molar refractivity (Wildman–Crippen MR) is 129 cm³/mol. The number of fused-ring (bicyclic) bond motifs is 2. The maximum Gasteiger partial charge on any atom is 0.265 e. The highest BCUT2D eigenvalue weighted by atomic mass is 32.2. The van der Waals surface area contributed by atoms with E-state index < -0.39 is 21.8 Å². The first-order valence-corrected chi connectivity index (χ1v) is 12.1. The Morgan fingerprint density at radius 1 is 1.09 bits per heavy atom. The van der Waals surface area contributed by atoms with Crippen LogP contribution in [0.2, 0.25) is 0 Å². The van der Waals surface area contributed by atoms with Crippen LogP contribution in [0.4, 0.5) is 10.1 Å². The molecule has 0 saturated heterocycles. The van der Waals surface area contributed by atoms with Gasteiger partial charge in [-0.05, 0) is 35.9 Å². The van der Waals surface area contributed by atoms with E-state index in [1.165, 1.54) is 35.7 Å². The van der Waals surface area contributed by atoms with Gasteiger partial charge in [0, 0.05) is 11.1 Å². The number of nitrogens with two attached hydrogens (primary N) is 1. The van der Waals surface area contributed by atoms with Gasteiger partial charge in [-0.3, -0.25) is 4.31 Å². The minimum Gasteiger partial charge on any atom is -0.496 e. The average molecular weight is 490 g/mol. The number of methoxy groups -OCH3 is 1. The molecule has 3 aromatic rings. The Bertz CT molecular complexity index is 1540. The van der Waals surface area contributed by atoms with Gasteiger partial charge in [-0.1, -0.05) is 42.5 Å². The molecule has 0 aliphatic carbocycles. The van der Waals surface area contributed by atoms with E-state index in [-0.39, 0.29) is 28.7 Å². The van der Waals surface area contributed by atoms with Crippen molar-refractivity contribution < 1.29 is 22.3 Å². The molecule has 0 aromatic heterocycles. The molecule has 2 aliphatic heterocycles. The summed E-state index contributed by atoms with van der Waals surface area (Å²) in [6.07, 6.45) is 0. The zero-order valence-corrected chi connectivity index (χ0v) is 19.4. The molecule has 0 fully saturated rings. The Labute approximate surface area is 202 Å². The lowest BCUT2D eigenvalue weighted by Crippen LogP contribution is -2.39. The molecule has 2 heterocycles. The fourth-order valence-corrected chi connectivity index (χ4v) is 6.36. The number of ether oxygens (including phenoxy) is 2. The lowest BCUT2D eigenvalue weighted by molar-refractivity contribution is 0.355. The van der Waals surface area contributed by atoms with Gasteiger partial charge in [0.2, 0.25) is 5.88 Å². The highest BCUT2D eigenvalue weighted by molar-refractivity contribution is 7.96. The van der Waals surface area contributed by atoms with Crippen molar-refractivity contribution in [1.29, 1.82) is 5.26 Å². The van der Waals surface area contributed by atoms with Crippen molar-refractivity contribution in [2.24, 2.45) is 5.73 Å². The third-order valence-electron chi connectivity index (χ3n) is 6.05. The second kappa shape index (κ2) is 8.49. The van der Waals surface area contributed by atoms with Crippen LogP contribution in [0.15, 0.2) is 89.2 Å². The lowest BCUT2D eigenvalue weighted by atomic mass is 9.87. The van der Waals surface area contributed by atoms with E-state index in [1.54, 1.807) is 48.5 Å². The van der Waals surface area contributed by atoms with Crippen molar-refractivity contribution in [2.45, 2.75) is 12.5 Å². The van der Waals surface area contributed by atoms with Crippen LogP contribution in [0, 0.1) is 17.1 Å². The molecule has 0 amide bonds. The number of nitriles is 1. The Hall–Kier alpha value is -4.29. The number of rotatable bonds is 4. The third kappa shape index (κ3) is 3.59. The van der Waals surface area contributed by atoms with Gasteiger partial charge < -0.3 is 15.2 Å². The minimum absolute atomic E-state index is 0.0297. The van der Waals surface area contributed by atoms with E-state index in [0.29, 0.717) is 28.1 Å². The molecule has 2 aliphatic rings. The molecule has 7 nitrogen and oxygen atoms in total. The zero-order chi connectivity index (χ0) is 24.7. The second-order valence-electron chi connectivity index (χ2n) is 8.02. The minimum atomic E-state index is -4.24. The first-order valence-electron chi connectivity index (χ1n) is 10.7. The van der Waals surface area contributed by atoms with E-state index in [0.717, 1.165) is 0 Å². The number of nitrogens with zero attached hydrogens (tertiary/aromatic N) is 2. The van der Waals surface area contributed by atoms with Gasteiger partial charge in [-0.15, -0.1) is 0 Å². The summed E-state index contributed by atoms with van der Waals surface area (Å²) in [5, 5.41) is 9.96. The number of allylic oxidation sites excluding steroid dienone is 2. The highest BCUT2D eigenvalue weighted by Crippen LogP contribution is 2.52. The fourth-order valence-electron chi connectivity index (χ4n) is 4.45. The largest absolute Gasteiger partial charge is 0.496 e. The molecule has 2 N–H and O–H groups in total. The standard InChI is InChI=1S/C26H20FN3O4S/c1-33-22-9-5-3-7-19(22)23-20(14-28)26(29)34-24-18-6-2-4-8-21(18)30(35(31,32)25(23)24)15-16-10-12-17(27)13-11-16/h2-13,23H,15,29H2,1H3. The third-order valence-corrected chi connectivity index (χ3v) is 7.93. The van der Waals surface area contributed by atoms with Gasteiger partial charge in [0.15, 0.2) is 5.76 Å². The smallest absolute Gasteiger partial charge is 0.265 e. The number of sulfonamides is 1. The fraction of sp³-hybridized carbons (Fsp3) is 0.115. The number of benzene rings is 3. The molecule has 5 rings (SSSR count). The van der Waals surface area contributed by atoms with Crippen molar-refractivity contribution in [1.82, 2.24) is 0 Å². The summed E-state index contributed by atoms with van der Waals surface area (Å²) in [5.74, 6) is -1.15. The van der Waals surface area contributed by atoms with Gasteiger partial charge in [-0.25, -0.2) is 12.8 Å². The number of halogens is 1. The molecular weight excluding hydrogens is 469 g/mol. The molecule has 1 atom stereocenters. The zero-order valence-electron chi connectivity index (χ0n) is 18.6. The van der Waals surface area contributed by atoms with Crippen LogP contribution < -0.4 is 14.8 Å². The summed E-state index contributed by atoms with van der Waals surface area (Å²) in [6.45, 7) is -0.0455. The van der Waals surface area contributed by atoms with E-state index in [1.807, 2.05) is 6.07 Å². The van der Waals surface area contributed by atoms with Crippen molar-refractivity contribution >= 4 is 21.5 Å². The Kier molecular flexibility index (Phi) is 5.46. The Morgan fingerprint density at radius 3 is 2.49 bits per heavy atom. The van der Waals surface area contributed by atoms with Crippen LogP contribution >= 0.6 is 0 Å². The Balaban J connectivity index is 1.77. The van der Waals surface area contributed by atoms with Crippen molar-refractivity contribution in [3.8, 4) is 11.8 Å². The number of anilines is 1. The van der Waals surface area contributed by atoms with Gasteiger partial charge in [0.1, 0.15) is 28.1 Å². The van der Waals surface area contributed by atoms with Gasteiger partial charge in [-0.2, -0.15) is 5.26 Å². The second-order valence-corrected chi connectivity index (χ2v) is 9.85. The number of hydrogen-bond acceptors (Lipinski definition) is 6. The van der Waals surface area contributed by atoms with Crippen LogP contribution in [-0.2, 0) is 21.3 Å². The van der Waals surface area contributed by atoms with Crippen molar-refractivity contribution in [3.63, 3.8) is 0 Å². The first kappa shape index (κ1) is 22.5. The summed E-state index contributed by atoms with van der Waals surface area (Å²) in [7, 11) is -2.77. The quantitative estimate of drug-likeness (QED) is 0.584. The van der Waals surface area contributed by atoms with Crippen molar-refractivity contribution in [2.75, 3.05) is 11.4 Å². The van der Waals surface area contributed by atoms with Gasteiger partial charge in [0.25, 0.3) is 10.0 Å². The summed E-state index contributed by atoms with van der Waals surface area (Å²) in [4.78, 5) is -0.103. The first-order chi connectivity index (χ1) is 16.9. The molecule has 0 radical (unpaired) electrons. The molecular formula is C26H20FN3O4S. The summed E-state index contributed by atoms with van der Waals surface area (Å²) in [6, 6.07) is 21.4. The average Bonchev–Trinajstić information content (AvgIpc) is 2.87. The molecule has 35 heavy (non-hydrogen) atoms. The highest BCUT2D eigenvalue weighted by Gasteiger charge is 2.47.